The van der Waals surface area contributed by atoms with Crippen LogP contribution in [0.15, 0.2) is 36.4 Å². The predicted molar refractivity (Wildman–Crippen MR) is 101 cm³/mol. The second-order valence-electron chi connectivity index (χ2n) is 6.61. The lowest BCUT2D eigenvalue weighted by Crippen LogP contribution is -2.40. The fourth-order valence-corrected chi connectivity index (χ4v) is 3.72. The molecule has 136 valence electrons. The molecule has 1 atom stereocenters. The Hall–Kier alpha value is -2.08. The lowest BCUT2D eigenvalue weighted by molar-refractivity contribution is 0.0303. The third kappa shape index (κ3) is 3.30. The topological polar surface area (TPSA) is 64.8 Å². The predicted octanol–water partition coefficient (Wildman–Crippen LogP) is 2.74. The number of halogens is 1. The molecule has 1 amide bonds. The van der Waals surface area contributed by atoms with Gasteiger partial charge in [0, 0.05) is 37.2 Å². The number of carbonyl (C=O) groups excluding carboxylic acids is 1. The van der Waals surface area contributed by atoms with Crippen molar-refractivity contribution in [3.63, 3.8) is 0 Å². The number of fused-ring (bicyclic) bond motifs is 1. The zero-order chi connectivity index (χ0) is 18.1. The minimum Gasteiger partial charge on any atom is -0.487 e. The SMILES string of the molecule is NCC1Cc2cc(-c3ccc(C(=O)N4CCOCC4)cc3)cc(Cl)c2O1. The summed E-state index contributed by atoms with van der Waals surface area (Å²) >= 11 is 6.39. The van der Waals surface area contributed by atoms with Crippen LogP contribution in [0, 0.1) is 0 Å². The lowest BCUT2D eigenvalue weighted by atomic mass is 9.99. The number of rotatable bonds is 3. The van der Waals surface area contributed by atoms with Crippen LogP contribution < -0.4 is 10.5 Å². The molecule has 0 spiro atoms. The van der Waals surface area contributed by atoms with E-state index in [0.29, 0.717) is 43.4 Å². The van der Waals surface area contributed by atoms with E-state index in [-0.39, 0.29) is 12.0 Å². The summed E-state index contributed by atoms with van der Waals surface area (Å²) in [6, 6.07) is 11.7. The monoisotopic (exact) mass is 372 g/mol. The van der Waals surface area contributed by atoms with Crippen molar-refractivity contribution in [1.29, 1.82) is 0 Å². The number of benzene rings is 2. The van der Waals surface area contributed by atoms with Crippen molar-refractivity contribution in [2.45, 2.75) is 12.5 Å². The fourth-order valence-electron chi connectivity index (χ4n) is 3.44. The van der Waals surface area contributed by atoms with Crippen molar-refractivity contribution in [1.82, 2.24) is 4.90 Å². The van der Waals surface area contributed by atoms with Gasteiger partial charge in [-0.2, -0.15) is 0 Å². The molecule has 0 bridgehead atoms. The summed E-state index contributed by atoms with van der Waals surface area (Å²) in [5.41, 5.74) is 9.51. The Labute approximate surface area is 157 Å². The molecule has 2 aromatic carbocycles. The number of ether oxygens (including phenoxy) is 2. The van der Waals surface area contributed by atoms with Gasteiger partial charge < -0.3 is 20.1 Å². The van der Waals surface area contributed by atoms with Gasteiger partial charge in [-0.15, -0.1) is 0 Å². The smallest absolute Gasteiger partial charge is 0.254 e. The average Bonchev–Trinajstić information content (AvgIpc) is 3.12. The van der Waals surface area contributed by atoms with Gasteiger partial charge in [-0.25, -0.2) is 0 Å². The summed E-state index contributed by atoms with van der Waals surface area (Å²) in [4.78, 5) is 14.4. The van der Waals surface area contributed by atoms with E-state index in [1.807, 2.05) is 35.2 Å². The highest BCUT2D eigenvalue weighted by Crippen LogP contribution is 2.39. The van der Waals surface area contributed by atoms with Gasteiger partial charge in [-0.3, -0.25) is 4.79 Å². The van der Waals surface area contributed by atoms with Crippen LogP contribution in [0.25, 0.3) is 11.1 Å². The third-order valence-electron chi connectivity index (χ3n) is 4.88. The number of nitrogens with zero attached hydrogens (tertiary/aromatic N) is 1. The minimum absolute atomic E-state index is 0.00808. The largest absolute Gasteiger partial charge is 0.487 e. The second kappa shape index (κ2) is 7.27. The number of hydrogen-bond acceptors (Lipinski definition) is 4. The van der Waals surface area contributed by atoms with Crippen molar-refractivity contribution >= 4 is 17.5 Å². The Kier molecular flexibility index (Phi) is 4.85. The zero-order valence-corrected chi connectivity index (χ0v) is 15.2. The summed E-state index contributed by atoms with van der Waals surface area (Å²) in [6.07, 6.45) is 0.763. The maximum atomic E-state index is 12.5. The van der Waals surface area contributed by atoms with Crippen molar-refractivity contribution in [2.75, 3.05) is 32.8 Å². The highest BCUT2D eigenvalue weighted by Gasteiger charge is 2.25. The molecule has 1 saturated heterocycles. The molecule has 0 aliphatic carbocycles. The van der Waals surface area contributed by atoms with Crippen molar-refractivity contribution in [2.24, 2.45) is 5.73 Å². The number of nitrogens with two attached hydrogens (primary N) is 1. The highest BCUT2D eigenvalue weighted by atomic mass is 35.5. The fraction of sp³-hybridized carbons (Fsp3) is 0.350. The molecular weight excluding hydrogens is 352 g/mol. The van der Waals surface area contributed by atoms with E-state index < -0.39 is 0 Å². The van der Waals surface area contributed by atoms with Crippen molar-refractivity contribution in [3.05, 3.63) is 52.5 Å². The Morgan fingerprint density at radius 3 is 2.58 bits per heavy atom. The van der Waals surface area contributed by atoms with E-state index in [1.165, 1.54) is 0 Å². The normalized spacial score (nSPS) is 19.2. The molecule has 0 aromatic heterocycles. The van der Waals surface area contributed by atoms with Crippen molar-refractivity contribution in [3.8, 4) is 16.9 Å². The molecule has 0 saturated carbocycles. The summed E-state index contributed by atoms with van der Waals surface area (Å²) in [7, 11) is 0. The molecule has 1 unspecified atom stereocenters. The van der Waals surface area contributed by atoms with Crippen LogP contribution >= 0.6 is 11.6 Å². The first-order valence-corrected chi connectivity index (χ1v) is 9.20. The lowest BCUT2D eigenvalue weighted by Gasteiger charge is -2.26. The molecule has 5 nitrogen and oxygen atoms in total. The Morgan fingerprint density at radius 1 is 1.15 bits per heavy atom. The number of carbonyl (C=O) groups is 1. The summed E-state index contributed by atoms with van der Waals surface area (Å²) in [5, 5.41) is 0.599. The molecular formula is C20H21ClN2O3. The van der Waals surface area contributed by atoms with Crippen LogP contribution in [-0.4, -0.2) is 49.8 Å². The van der Waals surface area contributed by atoms with Crippen LogP contribution in [0.2, 0.25) is 5.02 Å². The first-order valence-electron chi connectivity index (χ1n) is 8.82. The second-order valence-corrected chi connectivity index (χ2v) is 7.02. The molecule has 4 rings (SSSR count). The van der Waals surface area contributed by atoms with Crippen LogP contribution in [0.1, 0.15) is 15.9 Å². The van der Waals surface area contributed by atoms with Gasteiger partial charge in [-0.1, -0.05) is 23.7 Å². The van der Waals surface area contributed by atoms with E-state index in [0.717, 1.165) is 28.9 Å². The first-order chi connectivity index (χ1) is 12.7. The highest BCUT2D eigenvalue weighted by molar-refractivity contribution is 6.32. The van der Waals surface area contributed by atoms with Gasteiger partial charge >= 0.3 is 0 Å². The molecule has 2 aromatic rings. The third-order valence-corrected chi connectivity index (χ3v) is 5.16. The van der Waals surface area contributed by atoms with E-state index in [4.69, 9.17) is 26.8 Å². The minimum atomic E-state index is -0.00808. The van der Waals surface area contributed by atoms with Crippen molar-refractivity contribution < 1.29 is 14.3 Å². The van der Waals surface area contributed by atoms with Crippen LogP contribution in [-0.2, 0) is 11.2 Å². The van der Waals surface area contributed by atoms with Gasteiger partial charge in [-0.05, 0) is 35.4 Å². The molecule has 2 N–H and O–H groups in total. The number of morpholine rings is 1. The van der Waals surface area contributed by atoms with E-state index in [2.05, 4.69) is 6.07 Å². The summed E-state index contributed by atoms with van der Waals surface area (Å²) in [6.45, 7) is 2.96. The number of amides is 1. The average molecular weight is 373 g/mol. The van der Waals surface area contributed by atoms with Gasteiger partial charge in [0.2, 0.25) is 0 Å². The van der Waals surface area contributed by atoms with Crippen LogP contribution in [0.5, 0.6) is 5.75 Å². The standard InChI is InChI=1S/C20H21ClN2O3/c21-18-11-15(9-16-10-17(12-22)26-19(16)18)13-1-3-14(4-2-13)20(24)23-5-7-25-8-6-23/h1-4,9,11,17H,5-8,10,12,22H2. The molecule has 26 heavy (non-hydrogen) atoms. The quantitative estimate of drug-likeness (QED) is 0.899. The molecule has 0 radical (unpaired) electrons. The van der Waals surface area contributed by atoms with E-state index in [9.17, 15) is 4.79 Å². The molecule has 2 aliphatic heterocycles. The van der Waals surface area contributed by atoms with E-state index >= 15 is 0 Å². The Morgan fingerprint density at radius 2 is 1.88 bits per heavy atom. The molecule has 6 heteroatoms. The van der Waals surface area contributed by atoms with Gasteiger partial charge in [0.15, 0.2) is 0 Å². The number of hydrogen-bond donors (Lipinski definition) is 1. The maximum Gasteiger partial charge on any atom is 0.254 e. The summed E-state index contributed by atoms with van der Waals surface area (Å²) < 4.78 is 11.1. The maximum absolute atomic E-state index is 12.5. The van der Waals surface area contributed by atoms with Crippen LogP contribution in [0.4, 0.5) is 0 Å². The Bertz CT molecular complexity index is 817. The Balaban J connectivity index is 1.56. The van der Waals surface area contributed by atoms with Gasteiger partial charge in [0.05, 0.1) is 18.2 Å². The van der Waals surface area contributed by atoms with Gasteiger partial charge in [0.1, 0.15) is 11.9 Å². The molecule has 2 heterocycles. The van der Waals surface area contributed by atoms with E-state index in [1.54, 1.807) is 0 Å². The first kappa shape index (κ1) is 17.3. The molecule has 2 aliphatic rings. The summed E-state index contributed by atoms with van der Waals surface area (Å²) in [5.74, 6) is 0.788. The van der Waals surface area contributed by atoms with Crippen LogP contribution in [0.3, 0.4) is 0 Å². The van der Waals surface area contributed by atoms with Gasteiger partial charge in [0.25, 0.3) is 5.91 Å². The molecule has 1 fully saturated rings. The zero-order valence-electron chi connectivity index (χ0n) is 14.4.